The number of Topliss-reactive ketones (excluding diaryl/α,β-unsaturated/α-hetero) is 1. The molecule has 6 N–H and O–H groups in total. The van der Waals surface area contributed by atoms with Gasteiger partial charge in [-0.15, -0.1) is 0 Å². The second kappa shape index (κ2) is 16.2. The van der Waals surface area contributed by atoms with E-state index < -0.39 is 0 Å². The molecule has 0 bridgehead atoms. The SMILES string of the molecule is CNCC(CCCCCC(=O)CC(=O)C=Cc1cc(OC)c(O)cc1CC1=CNC(N)C=C1)C1CCNCC1. The third-order valence-electron chi connectivity index (χ3n) is 7.68. The summed E-state index contributed by atoms with van der Waals surface area (Å²) in [5, 5.41) is 20.1. The highest BCUT2D eigenvalue weighted by molar-refractivity contribution is 6.06. The zero-order valence-corrected chi connectivity index (χ0v) is 23.5. The van der Waals surface area contributed by atoms with Crippen LogP contribution in [0.4, 0.5) is 0 Å². The molecule has 0 amide bonds. The normalized spacial score (nSPS) is 18.5. The zero-order valence-electron chi connectivity index (χ0n) is 23.5. The molecule has 2 aliphatic heterocycles. The van der Waals surface area contributed by atoms with E-state index in [2.05, 4.69) is 16.0 Å². The first kappa shape index (κ1) is 30.6. The fraction of sp³-hybridized carbons (Fsp3) is 0.548. The molecule has 0 spiro atoms. The standard InChI is InChI=1S/C31H46N4O4/c1-33-21-25(23-12-14-34-15-13-23)6-4-3-5-7-27(36)19-28(37)10-9-24-18-30(39-2)29(38)17-26(24)16-22-8-11-31(32)35-20-22/h8-11,17-18,20,23,25,31,33-35,38H,3-7,12-16,19,21,32H2,1-2H3. The molecule has 8 nitrogen and oxygen atoms in total. The van der Waals surface area contributed by atoms with E-state index >= 15 is 0 Å². The van der Waals surface area contributed by atoms with Crippen molar-refractivity contribution in [2.45, 2.75) is 64.0 Å². The van der Waals surface area contributed by atoms with Crippen molar-refractivity contribution in [3.8, 4) is 11.5 Å². The maximum atomic E-state index is 12.6. The van der Waals surface area contributed by atoms with Crippen molar-refractivity contribution in [3.63, 3.8) is 0 Å². The third kappa shape index (κ3) is 10.3. The van der Waals surface area contributed by atoms with E-state index in [9.17, 15) is 14.7 Å². The topological polar surface area (TPSA) is 126 Å². The van der Waals surface area contributed by atoms with Crippen molar-refractivity contribution in [1.29, 1.82) is 0 Å². The first-order valence-electron chi connectivity index (χ1n) is 14.3. The number of aromatic hydroxyl groups is 1. The Morgan fingerprint density at radius 1 is 1.23 bits per heavy atom. The van der Waals surface area contributed by atoms with Gasteiger partial charge in [-0.05, 0) is 112 Å². The van der Waals surface area contributed by atoms with Gasteiger partial charge in [-0.1, -0.05) is 25.0 Å². The number of nitrogens with two attached hydrogens (primary N) is 1. The number of phenols is 1. The molecule has 3 rings (SSSR count). The van der Waals surface area contributed by atoms with Crippen LogP contribution < -0.4 is 26.4 Å². The lowest BCUT2D eigenvalue weighted by molar-refractivity contribution is -0.124. The molecular weight excluding hydrogens is 492 g/mol. The minimum Gasteiger partial charge on any atom is -0.504 e. The Balaban J connectivity index is 1.46. The number of hydrogen-bond donors (Lipinski definition) is 5. The molecule has 1 saturated heterocycles. The van der Waals surface area contributed by atoms with Crippen molar-refractivity contribution < 1.29 is 19.4 Å². The summed E-state index contributed by atoms with van der Waals surface area (Å²) in [4.78, 5) is 25.0. The Kier molecular flexibility index (Phi) is 12.7. The number of dihydropyridines is 1. The van der Waals surface area contributed by atoms with Crippen molar-refractivity contribution >= 4 is 17.6 Å². The van der Waals surface area contributed by atoms with Crippen LogP contribution in [0.25, 0.3) is 6.08 Å². The van der Waals surface area contributed by atoms with E-state index in [1.807, 2.05) is 25.4 Å². The molecular formula is C31H46N4O4. The van der Waals surface area contributed by atoms with Crippen molar-refractivity contribution in [2.75, 3.05) is 33.8 Å². The number of phenolic OH excluding ortho intramolecular Hbond substituents is 1. The number of methoxy groups -OCH3 is 1. The molecule has 1 fully saturated rings. The minimum atomic E-state index is -0.220. The van der Waals surface area contributed by atoms with E-state index in [1.54, 1.807) is 18.2 Å². The van der Waals surface area contributed by atoms with Crippen molar-refractivity contribution in [3.05, 3.63) is 53.3 Å². The summed E-state index contributed by atoms with van der Waals surface area (Å²) in [6, 6.07) is 3.34. The van der Waals surface area contributed by atoms with Gasteiger partial charge in [-0.2, -0.15) is 0 Å². The largest absolute Gasteiger partial charge is 0.504 e. The lowest BCUT2D eigenvalue weighted by Crippen LogP contribution is -2.35. The van der Waals surface area contributed by atoms with Crippen LogP contribution in [0.1, 0.15) is 62.5 Å². The van der Waals surface area contributed by atoms with Gasteiger partial charge in [0.2, 0.25) is 0 Å². The fourth-order valence-electron chi connectivity index (χ4n) is 5.48. The number of unbranched alkanes of at least 4 members (excludes halogenated alkanes) is 2. The number of allylic oxidation sites excluding steroid dienone is 3. The molecule has 2 unspecified atom stereocenters. The molecule has 1 aromatic carbocycles. The Bertz CT molecular complexity index is 1040. The predicted octanol–water partition coefficient (Wildman–Crippen LogP) is 3.60. The number of ether oxygens (including phenoxy) is 1. The Morgan fingerprint density at radius 2 is 2.03 bits per heavy atom. The number of benzene rings is 1. The van der Waals surface area contributed by atoms with E-state index in [0.29, 0.717) is 24.5 Å². The van der Waals surface area contributed by atoms with Gasteiger partial charge in [-0.3, -0.25) is 9.59 Å². The number of carbonyl (C=O) groups is 2. The number of nitrogens with one attached hydrogen (secondary N) is 3. The van der Waals surface area contributed by atoms with Crippen LogP contribution in [0.5, 0.6) is 11.5 Å². The number of ketones is 2. The summed E-state index contributed by atoms with van der Waals surface area (Å²) in [7, 11) is 3.51. The Morgan fingerprint density at radius 3 is 2.72 bits per heavy atom. The van der Waals surface area contributed by atoms with Crippen LogP contribution in [0.15, 0.2) is 42.1 Å². The van der Waals surface area contributed by atoms with Gasteiger partial charge in [0.25, 0.3) is 0 Å². The minimum absolute atomic E-state index is 0.0156. The van der Waals surface area contributed by atoms with Gasteiger partial charge in [0.1, 0.15) is 5.78 Å². The first-order chi connectivity index (χ1) is 18.9. The molecule has 8 heteroatoms. The number of hydrogen-bond acceptors (Lipinski definition) is 8. The molecule has 0 aliphatic carbocycles. The van der Waals surface area contributed by atoms with Crippen LogP contribution in [0.2, 0.25) is 0 Å². The van der Waals surface area contributed by atoms with Crippen molar-refractivity contribution in [1.82, 2.24) is 16.0 Å². The van der Waals surface area contributed by atoms with Gasteiger partial charge < -0.3 is 31.5 Å². The van der Waals surface area contributed by atoms with Crippen LogP contribution in [0, 0.1) is 11.8 Å². The zero-order chi connectivity index (χ0) is 28.0. The highest BCUT2D eigenvalue weighted by atomic mass is 16.5. The molecule has 0 aromatic heterocycles. The predicted molar refractivity (Wildman–Crippen MR) is 156 cm³/mol. The molecule has 2 aliphatic rings. The molecule has 0 radical (unpaired) electrons. The van der Waals surface area contributed by atoms with E-state index in [-0.39, 0.29) is 29.9 Å². The quantitative estimate of drug-likeness (QED) is 0.123. The van der Waals surface area contributed by atoms with E-state index in [0.717, 1.165) is 61.5 Å². The maximum absolute atomic E-state index is 12.6. The molecule has 0 saturated carbocycles. The highest BCUT2D eigenvalue weighted by Gasteiger charge is 2.22. The van der Waals surface area contributed by atoms with Gasteiger partial charge >= 0.3 is 0 Å². The summed E-state index contributed by atoms with van der Waals surface area (Å²) in [6.07, 6.45) is 16.1. The summed E-state index contributed by atoms with van der Waals surface area (Å²) >= 11 is 0. The number of rotatable bonds is 16. The van der Waals surface area contributed by atoms with E-state index in [1.165, 1.54) is 32.4 Å². The average molecular weight is 539 g/mol. The average Bonchev–Trinajstić information content (AvgIpc) is 2.93. The second-order valence-corrected chi connectivity index (χ2v) is 10.7. The summed E-state index contributed by atoms with van der Waals surface area (Å²) < 4.78 is 5.26. The Labute approximate surface area is 233 Å². The maximum Gasteiger partial charge on any atom is 0.163 e. The van der Waals surface area contributed by atoms with Gasteiger partial charge in [0.05, 0.1) is 19.7 Å². The molecule has 2 atom stereocenters. The summed E-state index contributed by atoms with van der Waals surface area (Å²) in [5.41, 5.74) is 8.39. The summed E-state index contributed by atoms with van der Waals surface area (Å²) in [5.74, 6) is 1.60. The first-order valence-corrected chi connectivity index (χ1v) is 14.3. The van der Waals surface area contributed by atoms with Crippen molar-refractivity contribution in [2.24, 2.45) is 17.6 Å². The lowest BCUT2D eigenvalue weighted by atomic mass is 9.81. The van der Waals surface area contributed by atoms with Crippen LogP contribution in [0.3, 0.4) is 0 Å². The third-order valence-corrected chi connectivity index (χ3v) is 7.68. The van der Waals surface area contributed by atoms with Gasteiger partial charge in [0, 0.05) is 12.6 Å². The lowest BCUT2D eigenvalue weighted by Gasteiger charge is -2.30. The second-order valence-electron chi connectivity index (χ2n) is 10.7. The molecule has 39 heavy (non-hydrogen) atoms. The van der Waals surface area contributed by atoms with E-state index in [4.69, 9.17) is 10.5 Å². The molecule has 214 valence electrons. The highest BCUT2D eigenvalue weighted by Crippen LogP contribution is 2.32. The van der Waals surface area contributed by atoms with Gasteiger partial charge in [0.15, 0.2) is 17.3 Å². The Hall–Kier alpha value is -2.94. The summed E-state index contributed by atoms with van der Waals surface area (Å²) in [6.45, 7) is 3.29. The number of piperidine rings is 1. The molecule has 2 heterocycles. The monoisotopic (exact) mass is 538 g/mol. The van der Waals surface area contributed by atoms with Gasteiger partial charge in [-0.25, -0.2) is 0 Å². The molecule has 1 aromatic rings. The fourth-order valence-corrected chi connectivity index (χ4v) is 5.48. The van der Waals surface area contributed by atoms with Crippen LogP contribution in [-0.2, 0) is 16.0 Å². The van der Waals surface area contributed by atoms with Crippen LogP contribution >= 0.6 is 0 Å². The number of carbonyl (C=O) groups excluding carboxylic acids is 2. The van der Waals surface area contributed by atoms with Crippen LogP contribution in [-0.4, -0.2) is 56.6 Å². The smallest absolute Gasteiger partial charge is 0.163 e.